The highest BCUT2D eigenvalue weighted by Gasteiger charge is 2.32. The molecule has 1 amide bonds. The Labute approximate surface area is 153 Å². The summed E-state index contributed by atoms with van der Waals surface area (Å²) in [5.74, 6) is 0. The van der Waals surface area contributed by atoms with Gasteiger partial charge in [-0.05, 0) is 31.0 Å². The fourth-order valence-electron chi connectivity index (χ4n) is 2.69. The minimum atomic E-state index is -3.86. The Hall–Kier alpha value is -2.38. The second-order valence-corrected chi connectivity index (χ2v) is 7.85. The van der Waals surface area contributed by atoms with Gasteiger partial charge in [-0.25, -0.2) is 4.79 Å². The van der Waals surface area contributed by atoms with E-state index in [-0.39, 0.29) is 11.5 Å². The van der Waals surface area contributed by atoms with Gasteiger partial charge in [0.15, 0.2) is 0 Å². The number of hydrogen-bond acceptors (Lipinski definition) is 5. The molecule has 2 aromatic rings. The SMILES string of the molecule is Cc1ccc(S(=O)(=O)OCC2CN(CCc3ccccc3)C(=O)O2)cc1. The van der Waals surface area contributed by atoms with Crippen LogP contribution in [0.1, 0.15) is 11.1 Å². The number of cyclic esters (lactones) is 1. The molecule has 1 atom stereocenters. The van der Waals surface area contributed by atoms with Gasteiger partial charge in [0.05, 0.1) is 11.4 Å². The molecule has 2 aromatic carbocycles. The van der Waals surface area contributed by atoms with Crippen LogP contribution >= 0.6 is 0 Å². The van der Waals surface area contributed by atoms with E-state index in [1.807, 2.05) is 37.3 Å². The summed E-state index contributed by atoms with van der Waals surface area (Å²) in [5, 5.41) is 0. The largest absolute Gasteiger partial charge is 0.442 e. The van der Waals surface area contributed by atoms with E-state index >= 15 is 0 Å². The average molecular weight is 375 g/mol. The molecule has 0 N–H and O–H groups in total. The summed E-state index contributed by atoms with van der Waals surface area (Å²) >= 11 is 0. The molecule has 0 radical (unpaired) electrons. The maximum absolute atomic E-state index is 12.2. The molecule has 3 rings (SSSR count). The molecule has 1 aliphatic rings. The van der Waals surface area contributed by atoms with E-state index in [0.717, 1.165) is 11.1 Å². The standard InChI is InChI=1S/C19H21NO5S/c1-15-7-9-18(10-8-15)26(22,23)24-14-17-13-20(19(21)25-17)12-11-16-5-3-2-4-6-16/h2-10,17H,11-14H2,1H3. The predicted octanol–water partition coefficient (Wildman–Crippen LogP) is 2.76. The quantitative estimate of drug-likeness (QED) is 0.696. The van der Waals surface area contributed by atoms with Crippen LogP contribution < -0.4 is 0 Å². The smallest absolute Gasteiger partial charge is 0.410 e. The molecular formula is C19H21NO5S. The lowest BCUT2D eigenvalue weighted by atomic mass is 10.1. The molecule has 0 aliphatic carbocycles. The summed E-state index contributed by atoms with van der Waals surface area (Å²) < 4.78 is 34.7. The van der Waals surface area contributed by atoms with Crippen molar-refractivity contribution in [3.8, 4) is 0 Å². The molecule has 26 heavy (non-hydrogen) atoms. The highest BCUT2D eigenvalue weighted by molar-refractivity contribution is 7.86. The third-order valence-corrected chi connectivity index (χ3v) is 5.48. The van der Waals surface area contributed by atoms with Crippen LogP contribution in [0.4, 0.5) is 4.79 Å². The summed E-state index contributed by atoms with van der Waals surface area (Å²) in [5.41, 5.74) is 2.09. The van der Waals surface area contributed by atoms with Gasteiger partial charge < -0.3 is 9.64 Å². The molecular weight excluding hydrogens is 354 g/mol. The zero-order valence-corrected chi connectivity index (χ0v) is 15.3. The molecule has 0 spiro atoms. The van der Waals surface area contributed by atoms with Gasteiger partial charge in [-0.3, -0.25) is 4.18 Å². The summed E-state index contributed by atoms with van der Waals surface area (Å²) in [7, 11) is -3.86. The molecule has 0 aromatic heterocycles. The molecule has 1 heterocycles. The Balaban J connectivity index is 1.51. The number of nitrogens with zero attached hydrogens (tertiary/aromatic N) is 1. The molecule has 1 fully saturated rings. The van der Waals surface area contributed by atoms with Crippen molar-refractivity contribution < 1.29 is 22.1 Å². The summed E-state index contributed by atoms with van der Waals surface area (Å²) in [6.07, 6.45) is -0.327. The summed E-state index contributed by atoms with van der Waals surface area (Å²) in [6.45, 7) is 2.52. The first kappa shape index (κ1) is 18.4. The maximum Gasteiger partial charge on any atom is 0.410 e. The van der Waals surface area contributed by atoms with Gasteiger partial charge in [-0.2, -0.15) is 8.42 Å². The second-order valence-electron chi connectivity index (χ2n) is 6.24. The fourth-order valence-corrected chi connectivity index (χ4v) is 3.63. The molecule has 7 heteroatoms. The minimum Gasteiger partial charge on any atom is -0.442 e. The molecule has 0 bridgehead atoms. The van der Waals surface area contributed by atoms with Crippen LogP contribution in [0.2, 0.25) is 0 Å². The first-order valence-corrected chi connectivity index (χ1v) is 9.80. The van der Waals surface area contributed by atoms with E-state index in [1.54, 1.807) is 17.0 Å². The van der Waals surface area contributed by atoms with Crippen molar-refractivity contribution in [3.05, 3.63) is 65.7 Å². The van der Waals surface area contributed by atoms with Gasteiger partial charge >= 0.3 is 6.09 Å². The molecule has 1 unspecified atom stereocenters. The number of rotatable bonds is 7. The van der Waals surface area contributed by atoms with Crippen molar-refractivity contribution in [3.63, 3.8) is 0 Å². The maximum atomic E-state index is 12.2. The number of ether oxygens (including phenoxy) is 1. The second kappa shape index (κ2) is 7.88. The molecule has 6 nitrogen and oxygen atoms in total. The first-order chi connectivity index (χ1) is 12.4. The Bertz CT molecular complexity index is 849. The summed E-state index contributed by atoms with van der Waals surface area (Å²) in [6, 6.07) is 16.2. The van der Waals surface area contributed by atoms with Gasteiger partial charge in [-0.15, -0.1) is 0 Å². The highest BCUT2D eigenvalue weighted by atomic mass is 32.2. The van der Waals surface area contributed by atoms with Gasteiger partial charge in [0.1, 0.15) is 12.7 Å². The average Bonchev–Trinajstić information content (AvgIpc) is 2.99. The van der Waals surface area contributed by atoms with Crippen molar-refractivity contribution in [2.45, 2.75) is 24.3 Å². The normalized spacial score (nSPS) is 17.3. The van der Waals surface area contributed by atoms with Crippen LogP contribution in [0, 0.1) is 6.92 Å². The topological polar surface area (TPSA) is 72.9 Å². The van der Waals surface area contributed by atoms with Crippen LogP contribution in [0.3, 0.4) is 0 Å². The van der Waals surface area contributed by atoms with E-state index in [1.165, 1.54) is 12.1 Å². The van der Waals surface area contributed by atoms with Gasteiger partial charge in [0.2, 0.25) is 0 Å². The lowest BCUT2D eigenvalue weighted by Gasteiger charge is -2.13. The highest BCUT2D eigenvalue weighted by Crippen LogP contribution is 2.17. The van der Waals surface area contributed by atoms with Gasteiger partial charge in [0, 0.05) is 6.54 Å². The van der Waals surface area contributed by atoms with Crippen LogP contribution in [0.15, 0.2) is 59.5 Å². The van der Waals surface area contributed by atoms with Crippen LogP contribution in [0.25, 0.3) is 0 Å². The van der Waals surface area contributed by atoms with Crippen molar-refractivity contribution in [2.75, 3.05) is 19.7 Å². The Morgan fingerprint density at radius 1 is 1.12 bits per heavy atom. The van der Waals surface area contributed by atoms with E-state index in [0.29, 0.717) is 19.5 Å². The van der Waals surface area contributed by atoms with Crippen molar-refractivity contribution in [1.29, 1.82) is 0 Å². The lowest BCUT2D eigenvalue weighted by Crippen LogP contribution is -2.28. The number of amides is 1. The summed E-state index contributed by atoms with van der Waals surface area (Å²) in [4.78, 5) is 13.6. The fraction of sp³-hybridized carbons (Fsp3) is 0.316. The zero-order chi connectivity index (χ0) is 18.6. The number of aryl methyl sites for hydroxylation is 1. The molecule has 1 saturated heterocycles. The van der Waals surface area contributed by atoms with E-state index in [2.05, 4.69) is 0 Å². The van der Waals surface area contributed by atoms with Crippen molar-refractivity contribution in [1.82, 2.24) is 4.90 Å². The third kappa shape index (κ3) is 4.62. The molecule has 138 valence electrons. The Morgan fingerprint density at radius 3 is 2.50 bits per heavy atom. The Morgan fingerprint density at radius 2 is 1.81 bits per heavy atom. The van der Waals surface area contributed by atoms with Gasteiger partial charge in [-0.1, -0.05) is 48.0 Å². The lowest BCUT2D eigenvalue weighted by molar-refractivity contribution is 0.104. The van der Waals surface area contributed by atoms with Crippen molar-refractivity contribution in [2.24, 2.45) is 0 Å². The number of carbonyl (C=O) groups is 1. The van der Waals surface area contributed by atoms with Gasteiger partial charge in [0.25, 0.3) is 10.1 Å². The Kier molecular flexibility index (Phi) is 5.58. The number of carbonyl (C=O) groups excluding carboxylic acids is 1. The minimum absolute atomic E-state index is 0.0911. The zero-order valence-electron chi connectivity index (χ0n) is 14.5. The first-order valence-electron chi connectivity index (χ1n) is 8.39. The van der Waals surface area contributed by atoms with Crippen LogP contribution in [-0.4, -0.2) is 45.2 Å². The van der Waals surface area contributed by atoms with Crippen LogP contribution in [0.5, 0.6) is 0 Å². The predicted molar refractivity (Wildman–Crippen MR) is 96.3 cm³/mol. The third-order valence-electron chi connectivity index (χ3n) is 4.18. The van der Waals surface area contributed by atoms with Crippen LogP contribution in [-0.2, 0) is 25.5 Å². The van der Waals surface area contributed by atoms with E-state index in [4.69, 9.17) is 8.92 Å². The number of hydrogen-bond donors (Lipinski definition) is 0. The van der Waals surface area contributed by atoms with Crippen molar-refractivity contribution >= 4 is 16.2 Å². The molecule has 1 aliphatic heterocycles. The monoisotopic (exact) mass is 375 g/mol. The number of benzene rings is 2. The van der Waals surface area contributed by atoms with E-state index in [9.17, 15) is 13.2 Å². The van der Waals surface area contributed by atoms with E-state index < -0.39 is 22.3 Å². The molecule has 0 saturated carbocycles.